The molecule has 0 saturated carbocycles. The van der Waals surface area contributed by atoms with Gasteiger partial charge in [0.05, 0.1) is 10.8 Å². The molecule has 0 unspecified atom stereocenters. The van der Waals surface area contributed by atoms with E-state index in [2.05, 4.69) is 0 Å². The SMILES string of the molecule is CCCC(CCC)(CC(CCC)(CCC)C(=O)O)C(=O)O. The van der Waals surface area contributed by atoms with Gasteiger partial charge >= 0.3 is 11.9 Å². The van der Waals surface area contributed by atoms with Crippen molar-refractivity contribution in [2.75, 3.05) is 0 Å². The van der Waals surface area contributed by atoms with Crippen LogP contribution in [0.15, 0.2) is 0 Å². The van der Waals surface area contributed by atoms with Gasteiger partial charge in [-0.05, 0) is 32.1 Å². The topological polar surface area (TPSA) is 74.6 Å². The van der Waals surface area contributed by atoms with Crippen LogP contribution in [-0.2, 0) is 9.59 Å². The molecule has 2 N–H and O–H groups in total. The fraction of sp³-hybridized carbons (Fsp3) is 0.882. The van der Waals surface area contributed by atoms with Gasteiger partial charge < -0.3 is 10.2 Å². The molecule has 0 aliphatic rings. The van der Waals surface area contributed by atoms with E-state index in [9.17, 15) is 19.8 Å². The van der Waals surface area contributed by atoms with Gasteiger partial charge in [0.25, 0.3) is 0 Å². The zero-order valence-corrected chi connectivity index (χ0v) is 14.1. The second-order valence-electron chi connectivity index (χ2n) is 6.35. The second kappa shape index (κ2) is 9.06. The van der Waals surface area contributed by atoms with Crippen molar-refractivity contribution in [2.45, 2.75) is 85.5 Å². The Kier molecular flexibility index (Phi) is 8.60. The van der Waals surface area contributed by atoms with Crippen molar-refractivity contribution < 1.29 is 19.8 Å². The van der Waals surface area contributed by atoms with Crippen LogP contribution in [0, 0.1) is 10.8 Å². The second-order valence-corrected chi connectivity index (χ2v) is 6.35. The van der Waals surface area contributed by atoms with E-state index in [1.807, 2.05) is 27.7 Å². The van der Waals surface area contributed by atoms with Gasteiger partial charge in [-0.3, -0.25) is 9.59 Å². The zero-order valence-electron chi connectivity index (χ0n) is 14.1. The molecular weight excluding hydrogens is 268 g/mol. The predicted molar refractivity (Wildman–Crippen MR) is 84.4 cm³/mol. The summed E-state index contributed by atoms with van der Waals surface area (Å²) in [5, 5.41) is 19.5. The molecule has 0 saturated heterocycles. The third kappa shape index (κ3) is 5.01. The summed E-state index contributed by atoms with van der Waals surface area (Å²) < 4.78 is 0. The van der Waals surface area contributed by atoms with Crippen molar-refractivity contribution in [1.29, 1.82) is 0 Å². The summed E-state index contributed by atoms with van der Waals surface area (Å²) in [5.41, 5.74) is -1.79. The van der Waals surface area contributed by atoms with Crippen LogP contribution in [-0.4, -0.2) is 22.2 Å². The van der Waals surface area contributed by atoms with Gasteiger partial charge in [0, 0.05) is 0 Å². The van der Waals surface area contributed by atoms with Crippen LogP contribution in [0.1, 0.15) is 85.5 Å². The normalized spacial score (nSPS) is 12.4. The summed E-state index contributed by atoms with van der Waals surface area (Å²) in [5.74, 6) is -1.66. The molecule has 0 rings (SSSR count). The monoisotopic (exact) mass is 300 g/mol. The highest BCUT2D eigenvalue weighted by Crippen LogP contribution is 2.46. The lowest BCUT2D eigenvalue weighted by molar-refractivity contribution is -0.160. The van der Waals surface area contributed by atoms with Crippen LogP contribution in [0.3, 0.4) is 0 Å². The summed E-state index contributed by atoms with van der Waals surface area (Å²) in [6.45, 7) is 7.87. The average molecular weight is 300 g/mol. The van der Waals surface area contributed by atoms with E-state index in [0.717, 1.165) is 25.7 Å². The van der Waals surface area contributed by atoms with Gasteiger partial charge in [-0.2, -0.15) is 0 Å². The molecule has 0 spiro atoms. The predicted octanol–water partition coefficient (Wildman–Crippen LogP) is 4.72. The number of hydrogen-bond donors (Lipinski definition) is 2. The third-order valence-electron chi connectivity index (χ3n) is 4.50. The van der Waals surface area contributed by atoms with E-state index < -0.39 is 22.8 Å². The lowest BCUT2D eigenvalue weighted by Gasteiger charge is -2.39. The zero-order chi connectivity index (χ0) is 16.5. The summed E-state index contributed by atoms with van der Waals surface area (Å²) >= 11 is 0. The van der Waals surface area contributed by atoms with E-state index in [1.54, 1.807) is 0 Å². The summed E-state index contributed by atoms with van der Waals surface area (Å²) in [7, 11) is 0. The third-order valence-corrected chi connectivity index (χ3v) is 4.50. The summed E-state index contributed by atoms with van der Waals surface area (Å²) in [6, 6.07) is 0. The van der Waals surface area contributed by atoms with Gasteiger partial charge in [-0.1, -0.05) is 53.4 Å². The van der Waals surface area contributed by atoms with E-state index in [1.165, 1.54) is 0 Å². The molecule has 0 fully saturated rings. The fourth-order valence-corrected chi connectivity index (χ4v) is 3.74. The quantitative estimate of drug-likeness (QED) is 0.547. The highest BCUT2D eigenvalue weighted by Gasteiger charge is 2.48. The first kappa shape index (κ1) is 19.9. The van der Waals surface area contributed by atoms with Crippen molar-refractivity contribution in [3.05, 3.63) is 0 Å². The van der Waals surface area contributed by atoms with Gasteiger partial charge in [0.1, 0.15) is 0 Å². The Bertz CT molecular complexity index is 292. The molecule has 0 radical (unpaired) electrons. The van der Waals surface area contributed by atoms with Crippen LogP contribution in [0.5, 0.6) is 0 Å². The van der Waals surface area contributed by atoms with Gasteiger partial charge in [-0.25, -0.2) is 0 Å². The highest BCUT2D eigenvalue weighted by atomic mass is 16.4. The Morgan fingerprint density at radius 2 is 0.905 bits per heavy atom. The molecular formula is C17H32O4. The number of hydrogen-bond acceptors (Lipinski definition) is 2. The Morgan fingerprint density at radius 1 is 0.667 bits per heavy atom. The molecule has 124 valence electrons. The minimum atomic E-state index is -0.897. The molecule has 4 nitrogen and oxygen atoms in total. The molecule has 0 aromatic heterocycles. The molecule has 21 heavy (non-hydrogen) atoms. The standard InChI is InChI=1S/C17H32O4/c1-5-9-16(10-6-2,14(18)19)13-17(11-7-3,12-8-4)15(20)21/h5-13H2,1-4H3,(H,18,19)(H,20,21). The maximum Gasteiger partial charge on any atom is 0.309 e. The maximum absolute atomic E-state index is 11.9. The number of carboxylic acid groups (broad SMARTS) is 2. The fourth-order valence-electron chi connectivity index (χ4n) is 3.74. The summed E-state index contributed by atoms with van der Waals surface area (Å²) in [4.78, 5) is 23.8. The van der Waals surface area contributed by atoms with Crippen LogP contribution in [0.25, 0.3) is 0 Å². The van der Waals surface area contributed by atoms with E-state index in [0.29, 0.717) is 25.7 Å². The molecule has 0 aliphatic carbocycles. The molecule has 0 heterocycles. The van der Waals surface area contributed by atoms with Gasteiger partial charge in [0.2, 0.25) is 0 Å². The first-order valence-electron chi connectivity index (χ1n) is 8.31. The molecule has 4 heteroatoms. The molecule has 0 aromatic carbocycles. The molecule has 0 aliphatic heterocycles. The highest BCUT2D eigenvalue weighted by molar-refractivity contribution is 5.79. The Morgan fingerprint density at radius 3 is 1.05 bits per heavy atom. The van der Waals surface area contributed by atoms with Crippen LogP contribution >= 0.6 is 0 Å². The van der Waals surface area contributed by atoms with E-state index in [4.69, 9.17) is 0 Å². The summed E-state index contributed by atoms with van der Waals surface area (Å²) in [6.07, 6.45) is 5.53. The van der Waals surface area contributed by atoms with Crippen LogP contribution < -0.4 is 0 Å². The minimum Gasteiger partial charge on any atom is -0.481 e. The largest absolute Gasteiger partial charge is 0.481 e. The number of rotatable bonds is 12. The van der Waals surface area contributed by atoms with Crippen molar-refractivity contribution in [1.82, 2.24) is 0 Å². The van der Waals surface area contributed by atoms with Crippen molar-refractivity contribution in [2.24, 2.45) is 10.8 Å². The lowest BCUT2D eigenvalue weighted by Crippen LogP contribution is -2.42. The molecule has 0 atom stereocenters. The van der Waals surface area contributed by atoms with Crippen LogP contribution in [0.2, 0.25) is 0 Å². The van der Waals surface area contributed by atoms with Crippen molar-refractivity contribution >= 4 is 11.9 Å². The molecule has 0 bridgehead atoms. The Labute approximate surface area is 128 Å². The average Bonchev–Trinajstić information content (AvgIpc) is 2.39. The maximum atomic E-state index is 11.9. The van der Waals surface area contributed by atoms with Crippen molar-refractivity contribution in [3.63, 3.8) is 0 Å². The number of aliphatic carboxylic acids is 2. The van der Waals surface area contributed by atoms with E-state index >= 15 is 0 Å². The van der Waals surface area contributed by atoms with Crippen LogP contribution in [0.4, 0.5) is 0 Å². The smallest absolute Gasteiger partial charge is 0.309 e. The van der Waals surface area contributed by atoms with Gasteiger partial charge in [0.15, 0.2) is 0 Å². The molecule has 0 aromatic rings. The minimum absolute atomic E-state index is 0.258. The van der Waals surface area contributed by atoms with Gasteiger partial charge in [-0.15, -0.1) is 0 Å². The number of carbonyl (C=O) groups is 2. The lowest BCUT2D eigenvalue weighted by atomic mass is 9.63. The first-order chi connectivity index (χ1) is 9.84. The Hall–Kier alpha value is -1.06. The first-order valence-corrected chi connectivity index (χ1v) is 8.31. The number of carboxylic acids is 2. The Balaban J connectivity index is 5.65. The van der Waals surface area contributed by atoms with Crippen molar-refractivity contribution in [3.8, 4) is 0 Å². The van der Waals surface area contributed by atoms with E-state index in [-0.39, 0.29) is 6.42 Å². The molecule has 0 amide bonds.